The number of carbonyl (C=O) groups is 1. The lowest BCUT2D eigenvalue weighted by molar-refractivity contribution is -0.146. The SMILES string of the molecule is Cc1ccc(/C=N\NC(=O)C23CC4CC(CC(C4)C2)C3)cc1. The number of nitrogens with one attached hydrogen (secondary N) is 1. The summed E-state index contributed by atoms with van der Waals surface area (Å²) in [6.07, 6.45) is 9.09. The lowest BCUT2D eigenvalue weighted by Crippen LogP contribution is -2.52. The largest absolute Gasteiger partial charge is 0.273 e. The Labute approximate surface area is 132 Å². The minimum absolute atomic E-state index is 0.112. The van der Waals surface area contributed by atoms with Gasteiger partial charge in [-0.2, -0.15) is 5.10 Å². The summed E-state index contributed by atoms with van der Waals surface area (Å²) in [5.41, 5.74) is 4.98. The zero-order valence-electron chi connectivity index (χ0n) is 13.2. The second-order valence-corrected chi connectivity index (χ2v) is 7.81. The minimum Gasteiger partial charge on any atom is -0.273 e. The molecule has 0 spiro atoms. The molecule has 0 saturated heterocycles. The number of hydrogen-bond donors (Lipinski definition) is 1. The summed E-state index contributed by atoms with van der Waals surface area (Å²) >= 11 is 0. The number of amides is 1. The highest BCUT2D eigenvalue weighted by Gasteiger charge is 2.54. The first-order valence-electron chi connectivity index (χ1n) is 8.53. The van der Waals surface area contributed by atoms with E-state index in [4.69, 9.17) is 0 Å². The van der Waals surface area contributed by atoms with Gasteiger partial charge < -0.3 is 0 Å². The summed E-state index contributed by atoms with van der Waals surface area (Å²) in [5.74, 6) is 2.53. The van der Waals surface area contributed by atoms with Crippen LogP contribution in [0.1, 0.15) is 49.7 Å². The van der Waals surface area contributed by atoms with Crippen molar-refractivity contribution in [2.75, 3.05) is 0 Å². The average Bonchev–Trinajstić information content (AvgIpc) is 2.48. The van der Waals surface area contributed by atoms with Crippen LogP contribution in [0.2, 0.25) is 0 Å². The van der Waals surface area contributed by atoms with E-state index in [9.17, 15) is 4.79 Å². The first-order valence-corrected chi connectivity index (χ1v) is 8.53. The molecule has 4 saturated carbocycles. The van der Waals surface area contributed by atoms with Crippen LogP contribution in [0.5, 0.6) is 0 Å². The number of carbonyl (C=O) groups excluding carboxylic acids is 1. The summed E-state index contributed by atoms with van der Waals surface area (Å²) < 4.78 is 0. The topological polar surface area (TPSA) is 41.5 Å². The zero-order valence-corrected chi connectivity index (χ0v) is 13.2. The fourth-order valence-corrected chi connectivity index (χ4v) is 5.33. The summed E-state index contributed by atoms with van der Waals surface area (Å²) in [6.45, 7) is 2.07. The smallest absolute Gasteiger partial charge is 0.246 e. The van der Waals surface area contributed by atoms with Crippen LogP contribution in [0.15, 0.2) is 29.4 Å². The van der Waals surface area contributed by atoms with E-state index in [1.165, 1.54) is 24.8 Å². The van der Waals surface area contributed by atoms with Crippen LogP contribution in [0, 0.1) is 30.1 Å². The van der Waals surface area contributed by atoms with Gasteiger partial charge >= 0.3 is 0 Å². The van der Waals surface area contributed by atoms with Crippen LogP contribution >= 0.6 is 0 Å². The van der Waals surface area contributed by atoms with E-state index in [1.54, 1.807) is 6.21 Å². The molecule has 116 valence electrons. The summed E-state index contributed by atoms with van der Waals surface area (Å²) in [6, 6.07) is 8.16. The molecule has 4 aliphatic carbocycles. The molecule has 1 N–H and O–H groups in total. The van der Waals surface area contributed by atoms with Crippen LogP contribution in [0.4, 0.5) is 0 Å². The van der Waals surface area contributed by atoms with Gasteiger partial charge in [-0.15, -0.1) is 0 Å². The third-order valence-corrected chi connectivity index (χ3v) is 5.98. The van der Waals surface area contributed by atoms with E-state index in [0.717, 1.165) is 42.6 Å². The molecule has 1 amide bonds. The van der Waals surface area contributed by atoms with Crippen molar-refractivity contribution in [1.82, 2.24) is 5.43 Å². The van der Waals surface area contributed by atoms with E-state index in [1.807, 2.05) is 12.1 Å². The van der Waals surface area contributed by atoms with Gasteiger partial charge in [0.05, 0.1) is 11.6 Å². The number of hydrazone groups is 1. The number of benzene rings is 1. The molecule has 22 heavy (non-hydrogen) atoms. The molecule has 0 aliphatic heterocycles. The maximum absolute atomic E-state index is 12.7. The fraction of sp³-hybridized carbons (Fsp3) is 0.579. The monoisotopic (exact) mass is 296 g/mol. The Hall–Kier alpha value is -1.64. The molecule has 4 aliphatic rings. The van der Waals surface area contributed by atoms with Gasteiger partial charge in [0, 0.05) is 0 Å². The first kappa shape index (κ1) is 14.0. The Morgan fingerprint density at radius 3 is 2.18 bits per heavy atom. The Morgan fingerprint density at radius 1 is 1.09 bits per heavy atom. The van der Waals surface area contributed by atoms with Gasteiger partial charge in [-0.3, -0.25) is 4.79 Å². The summed E-state index contributed by atoms with van der Waals surface area (Å²) in [4.78, 5) is 12.7. The van der Waals surface area contributed by atoms with Crippen molar-refractivity contribution in [1.29, 1.82) is 0 Å². The lowest BCUT2D eigenvalue weighted by Gasteiger charge is -2.55. The molecule has 4 bridgehead atoms. The Balaban J connectivity index is 1.43. The number of rotatable bonds is 3. The zero-order chi connectivity index (χ0) is 15.2. The quantitative estimate of drug-likeness (QED) is 0.671. The first-order chi connectivity index (χ1) is 10.6. The maximum atomic E-state index is 12.7. The maximum Gasteiger partial charge on any atom is 0.246 e. The molecule has 0 aromatic heterocycles. The normalized spacial score (nSPS) is 36.0. The van der Waals surface area contributed by atoms with Crippen molar-refractivity contribution in [3.05, 3.63) is 35.4 Å². The summed E-state index contributed by atoms with van der Waals surface area (Å²) in [5, 5.41) is 4.20. The summed E-state index contributed by atoms with van der Waals surface area (Å²) in [7, 11) is 0. The van der Waals surface area contributed by atoms with Gasteiger partial charge in [0.1, 0.15) is 0 Å². The second-order valence-electron chi connectivity index (χ2n) is 7.81. The third-order valence-electron chi connectivity index (χ3n) is 5.98. The lowest BCUT2D eigenvalue weighted by atomic mass is 9.49. The predicted octanol–water partition coefficient (Wildman–Crippen LogP) is 3.66. The van der Waals surface area contributed by atoms with E-state index >= 15 is 0 Å². The molecule has 1 aromatic carbocycles. The number of aryl methyl sites for hydroxylation is 1. The van der Waals surface area contributed by atoms with Crippen molar-refractivity contribution in [3.8, 4) is 0 Å². The highest BCUT2D eigenvalue weighted by atomic mass is 16.2. The van der Waals surface area contributed by atoms with Gasteiger partial charge in [0.2, 0.25) is 5.91 Å². The van der Waals surface area contributed by atoms with Crippen molar-refractivity contribution in [2.24, 2.45) is 28.3 Å². The van der Waals surface area contributed by atoms with Gasteiger partial charge in [-0.25, -0.2) is 5.43 Å². The van der Waals surface area contributed by atoms with Crippen molar-refractivity contribution >= 4 is 12.1 Å². The van der Waals surface area contributed by atoms with E-state index < -0.39 is 0 Å². The standard InChI is InChI=1S/C19H24N2O/c1-13-2-4-14(5-3-13)12-20-21-18(22)19-9-15-6-16(10-19)8-17(7-15)11-19/h2-5,12,15-17H,6-11H2,1H3,(H,21,22)/b20-12-. The molecular weight excluding hydrogens is 272 g/mol. The van der Waals surface area contributed by atoms with Gasteiger partial charge in [-0.05, 0) is 68.8 Å². The Bertz CT molecular complexity index is 567. The molecule has 3 nitrogen and oxygen atoms in total. The molecule has 1 aromatic rings. The third kappa shape index (κ3) is 2.47. The molecule has 0 radical (unpaired) electrons. The molecule has 4 fully saturated rings. The van der Waals surface area contributed by atoms with E-state index in [-0.39, 0.29) is 11.3 Å². The molecule has 0 atom stereocenters. The van der Waals surface area contributed by atoms with Crippen LogP contribution in [-0.4, -0.2) is 12.1 Å². The Morgan fingerprint density at radius 2 is 1.64 bits per heavy atom. The predicted molar refractivity (Wildman–Crippen MR) is 87.5 cm³/mol. The van der Waals surface area contributed by atoms with Crippen molar-refractivity contribution < 1.29 is 4.79 Å². The van der Waals surface area contributed by atoms with Crippen molar-refractivity contribution in [2.45, 2.75) is 45.4 Å². The van der Waals surface area contributed by atoms with Crippen LogP contribution in [0.3, 0.4) is 0 Å². The van der Waals surface area contributed by atoms with E-state index in [2.05, 4.69) is 29.6 Å². The number of hydrogen-bond acceptors (Lipinski definition) is 2. The van der Waals surface area contributed by atoms with Crippen LogP contribution in [0.25, 0.3) is 0 Å². The molecule has 3 heteroatoms. The average molecular weight is 296 g/mol. The van der Waals surface area contributed by atoms with E-state index in [0.29, 0.717) is 0 Å². The minimum atomic E-state index is -0.112. The highest BCUT2D eigenvalue weighted by Crippen LogP contribution is 2.60. The Kier molecular flexibility index (Phi) is 3.32. The van der Waals surface area contributed by atoms with Gasteiger partial charge in [-0.1, -0.05) is 29.8 Å². The van der Waals surface area contributed by atoms with Gasteiger partial charge in [0.15, 0.2) is 0 Å². The number of nitrogens with zero attached hydrogens (tertiary/aromatic N) is 1. The molecule has 0 unspecified atom stereocenters. The van der Waals surface area contributed by atoms with Gasteiger partial charge in [0.25, 0.3) is 0 Å². The van der Waals surface area contributed by atoms with Crippen LogP contribution in [-0.2, 0) is 4.79 Å². The molecular formula is C19H24N2O. The highest BCUT2D eigenvalue weighted by molar-refractivity contribution is 5.85. The van der Waals surface area contributed by atoms with Crippen molar-refractivity contribution in [3.63, 3.8) is 0 Å². The second kappa shape index (κ2) is 5.22. The van der Waals surface area contributed by atoms with Crippen LogP contribution < -0.4 is 5.43 Å². The molecule has 5 rings (SSSR count). The molecule has 0 heterocycles. The fourth-order valence-electron chi connectivity index (χ4n) is 5.33.